The minimum atomic E-state index is -0.0296. The van der Waals surface area contributed by atoms with E-state index >= 15 is 0 Å². The average molecular weight is 165 g/mol. The van der Waals surface area contributed by atoms with Gasteiger partial charge in [0.2, 0.25) is 5.91 Å². The first-order valence-electron chi connectivity index (χ1n) is 4.20. The monoisotopic (exact) mass is 165 g/mol. The zero-order valence-corrected chi connectivity index (χ0v) is 7.66. The Kier molecular flexibility index (Phi) is 2.36. The van der Waals surface area contributed by atoms with Gasteiger partial charge in [0.25, 0.3) is 0 Å². The molecule has 0 bridgehead atoms. The van der Waals surface area contributed by atoms with Gasteiger partial charge in [-0.3, -0.25) is 4.79 Å². The van der Waals surface area contributed by atoms with Gasteiger partial charge in [-0.1, -0.05) is 19.6 Å². The molecule has 1 amide bonds. The van der Waals surface area contributed by atoms with E-state index in [4.69, 9.17) is 0 Å². The molecule has 0 aromatic rings. The van der Waals surface area contributed by atoms with Crippen LogP contribution in [-0.2, 0) is 4.79 Å². The van der Waals surface area contributed by atoms with Crippen molar-refractivity contribution in [2.24, 2.45) is 11.8 Å². The van der Waals surface area contributed by atoms with Crippen LogP contribution in [0.25, 0.3) is 0 Å². The molecule has 12 heavy (non-hydrogen) atoms. The van der Waals surface area contributed by atoms with E-state index in [1.807, 2.05) is 6.92 Å². The summed E-state index contributed by atoms with van der Waals surface area (Å²) < 4.78 is 0. The molecule has 0 aromatic heterocycles. The van der Waals surface area contributed by atoms with Gasteiger partial charge in [-0.2, -0.15) is 0 Å². The Morgan fingerprint density at radius 1 is 1.42 bits per heavy atom. The van der Waals surface area contributed by atoms with Crippen molar-refractivity contribution in [1.82, 2.24) is 4.90 Å². The Labute approximate surface area is 73.6 Å². The summed E-state index contributed by atoms with van der Waals surface area (Å²) in [6, 6.07) is 0.248. The maximum atomic E-state index is 11.6. The van der Waals surface area contributed by atoms with Gasteiger partial charge in [-0.15, -0.1) is 6.58 Å². The third-order valence-electron chi connectivity index (χ3n) is 2.76. The van der Waals surface area contributed by atoms with Crippen LogP contribution in [0, 0.1) is 11.8 Å². The van der Waals surface area contributed by atoms with Gasteiger partial charge in [0.1, 0.15) is 0 Å². The first-order valence-corrected chi connectivity index (χ1v) is 4.20. The molecule has 1 heterocycles. The van der Waals surface area contributed by atoms with Crippen molar-refractivity contribution in [3.63, 3.8) is 0 Å². The number of carbonyl (C=O) groups is 1. The molecule has 3 unspecified atom stereocenters. The lowest BCUT2D eigenvalue weighted by atomic mass is 9.93. The first kappa shape index (κ1) is 9.04. The summed E-state index contributed by atoms with van der Waals surface area (Å²) in [5.74, 6) is 0.436. The van der Waals surface area contributed by atoms with E-state index in [1.54, 1.807) is 17.2 Å². The predicted octanol–water partition coefficient (Wildman–Crippen LogP) is 1.80. The molecule has 2 nitrogen and oxygen atoms in total. The van der Waals surface area contributed by atoms with Gasteiger partial charge in [0.15, 0.2) is 0 Å². The molecule has 1 fully saturated rings. The van der Waals surface area contributed by atoms with Crippen LogP contribution in [0.1, 0.15) is 13.8 Å². The van der Waals surface area contributed by atoms with E-state index in [2.05, 4.69) is 20.1 Å². The fraction of sp³-hybridized carbons (Fsp3) is 0.500. The molecular formula is C10H15NO. The van der Waals surface area contributed by atoms with Gasteiger partial charge >= 0.3 is 0 Å². The molecule has 66 valence electrons. The van der Waals surface area contributed by atoms with Crippen LogP contribution in [0.4, 0.5) is 0 Å². The van der Waals surface area contributed by atoms with E-state index in [1.165, 1.54) is 0 Å². The molecule has 1 aliphatic rings. The molecule has 0 spiro atoms. The Bertz CT molecular complexity index is 200. The van der Waals surface area contributed by atoms with Gasteiger partial charge in [-0.05, 0) is 19.0 Å². The lowest BCUT2D eigenvalue weighted by molar-refractivity contribution is -0.128. The van der Waals surface area contributed by atoms with Gasteiger partial charge in [0.05, 0.1) is 5.92 Å². The van der Waals surface area contributed by atoms with E-state index in [0.29, 0.717) is 5.92 Å². The van der Waals surface area contributed by atoms with E-state index in [9.17, 15) is 4.79 Å². The van der Waals surface area contributed by atoms with Crippen molar-refractivity contribution in [2.75, 3.05) is 0 Å². The second kappa shape index (κ2) is 3.13. The largest absolute Gasteiger partial charge is 0.316 e. The molecule has 1 rings (SSSR count). The van der Waals surface area contributed by atoms with Crippen molar-refractivity contribution < 1.29 is 4.79 Å². The van der Waals surface area contributed by atoms with Crippen LogP contribution in [0.15, 0.2) is 25.4 Å². The van der Waals surface area contributed by atoms with E-state index in [-0.39, 0.29) is 17.9 Å². The topological polar surface area (TPSA) is 20.3 Å². The van der Waals surface area contributed by atoms with Crippen LogP contribution in [0.2, 0.25) is 0 Å². The molecule has 1 aliphatic heterocycles. The van der Waals surface area contributed by atoms with Crippen molar-refractivity contribution in [2.45, 2.75) is 19.9 Å². The fourth-order valence-electron chi connectivity index (χ4n) is 1.72. The fourth-order valence-corrected chi connectivity index (χ4v) is 1.72. The number of likely N-dealkylation sites (tertiary alicyclic amines) is 1. The molecular weight excluding hydrogens is 150 g/mol. The highest BCUT2D eigenvalue weighted by Crippen LogP contribution is 2.31. The van der Waals surface area contributed by atoms with Gasteiger partial charge in [-0.25, -0.2) is 0 Å². The van der Waals surface area contributed by atoms with Crippen molar-refractivity contribution >= 4 is 5.91 Å². The third-order valence-corrected chi connectivity index (χ3v) is 2.76. The highest BCUT2D eigenvalue weighted by Gasteiger charge is 2.40. The minimum absolute atomic E-state index is 0.0296. The highest BCUT2D eigenvalue weighted by atomic mass is 16.2. The number of carbonyl (C=O) groups excluding carboxylic acids is 1. The second-order valence-electron chi connectivity index (χ2n) is 3.29. The van der Waals surface area contributed by atoms with Gasteiger partial charge < -0.3 is 4.90 Å². The Balaban J connectivity index is 2.92. The van der Waals surface area contributed by atoms with Crippen LogP contribution in [-0.4, -0.2) is 16.8 Å². The second-order valence-corrected chi connectivity index (χ2v) is 3.29. The average Bonchev–Trinajstić information content (AvgIpc) is 2.25. The lowest BCUT2D eigenvalue weighted by Gasteiger charge is -2.17. The smallest absolute Gasteiger partial charge is 0.234 e. The van der Waals surface area contributed by atoms with Crippen LogP contribution < -0.4 is 0 Å². The Hall–Kier alpha value is -1.05. The number of hydrogen-bond acceptors (Lipinski definition) is 1. The number of rotatable bonds is 2. The molecule has 0 N–H and O–H groups in total. The summed E-state index contributed by atoms with van der Waals surface area (Å²) in [5, 5.41) is 0. The molecule has 0 aromatic carbocycles. The van der Waals surface area contributed by atoms with Crippen molar-refractivity contribution in [3.05, 3.63) is 25.4 Å². The summed E-state index contributed by atoms with van der Waals surface area (Å²) in [4.78, 5) is 13.3. The van der Waals surface area contributed by atoms with Crippen LogP contribution >= 0.6 is 0 Å². The maximum Gasteiger partial charge on any atom is 0.234 e. The Morgan fingerprint density at radius 2 is 2.00 bits per heavy atom. The minimum Gasteiger partial charge on any atom is -0.316 e. The molecule has 0 saturated carbocycles. The number of nitrogens with zero attached hydrogens (tertiary/aromatic N) is 1. The maximum absolute atomic E-state index is 11.6. The van der Waals surface area contributed by atoms with E-state index in [0.717, 1.165) is 0 Å². The zero-order valence-electron chi connectivity index (χ0n) is 7.66. The standard InChI is InChI=1S/C10H15NO/c1-5-9-7(3)8(4)11(6-2)10(9)12/h5-9H,1-2H2,3-4H3. The molecule has 2 heteroatoms. The first-order chi connectivity index (χ1) is 5.63. The molecule has 3 atom stereocenters. The van der Waals surface area contributed by atoms with Crippen LogP contribution in [0.3, 0.4) is 0 Å². The van der Waals surface area contributed by atoms with E-state index < -0.39 is 0 Å². The third kappa shape index (κ3) is 1.07. The normalized spacial score (nSPS) is 35.3. The quantitative estimate of drug-likeness (QED) is 0.571. The molecule has 0 radical (unpaired) electrons. The summed E-state index contributed by atoms with van der Waals surface area (Å²) in [5.41, 5.74) is 0. The summed E-state index contributed by atoms with van der Waals surface area (Å²) in [6.45, 7) is 11.4. The van der Waals surface area contributed by atoms with Gasteiger partial charge in [0, 0.05) is 6.04 Å². The van der Waals surface area contributed by atoms with Crippen LogP contribution in [0.5, 0.6) is 0 Å². The summed E-state index contributed by atoms with van der Waals surface area (Å²) in [6.07, 6.45) is 3.33. The Morgan fingerprint density at radius 3 is 2.25 bits per heavy atom. The summed E-state index contributed by atoms with van der Waals surface area (Å²) >= 11 is 0. The van der Waals surface area contributed by atoms with Crippen molar-refractivity contribution in [1.29, 1.82) is 0 Å². The molecule has 0 aliphatic carbocycles. The summed E-state index contributed by atoms with van der Waals surface area (Å²) in [7, 11) is 0. The molecule has 1 saturated heterocycles. The lowest BCUT2D eigenvalue weighted by Crippen LogP contribution is -2.26. The number of hydrogen-bond donors (Lipinski definition) is 0. The van der Waals surface area contributed by atoms with Crippen molar-refractivity contribution in [3.8, 4) is 0 Å². The SMILES string of the molecule is C=CC1C(=O)N(C=C)C(C)C1C. The zero-order chi connectivity index (χ0) is 9.30. The predicted molar refractivity (Wildman–Crippen MR) is 49.4 cm³/mol. The number of amides is 1. The highest BCUT2D eigenvalue weighted by molar-refractivity contribution is 5.84.